The minimum atomic E-state index is 0.0161. The van der Waals surface area contributed by atoms with Crippen LogP contribution in [0.25, 0.3) is 0 Å². The molecule has 2 aliphatic rings. The molecule has 2 N–H and O–H groups in total. The fraction of sp³-hybridized carbons (Fsp3) is 0.750. The van der Waals surface area contributed by atoms with Crippen LogP contribution in [0, 0.1) is 0 Å². The van der Waals surface area contributed by atoms with Crippen LogP contribution in [0.3, 0.4) is 0 Å². The van der Waals surface area contributed by atoms with Crippen molar-refractivity contribution < 1.29 is 4.74 Å². The first-order valence-corrected chi connectivity index (χ1v) is 11.3. The summed E-state index contributed by atoms with van der Waals surface area (Å²) in [5.74, 6) is 3.47. The van der Waals surface area contributed by atoms with Crippen molar-refractivity contribution in [1.82, 2.24) is 39.7 Å². The highest BCUT2D eigenvalue weighted by Crippen LogP contribution is 2.13. The fourth-order valence-electron chi connectivity index (χ4n) is 4.19. The van der Waals surface area contributed by atoms with Crippen molar-refractivity contribution in [2.24, 2.45) is 4.99 Å². The lowest BCUT2D eigenvalue weighted by Gasteiger charge is -2.25. The van der Waals surface area contributed by atoms with E-state index < -0.39 is 0 Å². The summed E-state index contributed by atoms with van der Waals surface area (Å²) in [6.07, 6.45) is 5.70. The molecule has 0 spiro atoms. The summed E-state index contributed by atoms with van der Waals surface area (Å²) in [5, 5.41) is 15.9. The number of aryl methyl sites for hydroxylation is 3. The van der Waals surface area contributed by atoms with E-state index in [0.717, 1.165) is 81.6 Å². The van der Waals surface area contributed by atoms with Gasteiger partial charge in [-0.15, -0.1) is 0 Å². The SMILES string of the molecule is CCNC(=NCCCn1nc2n(c1=O)CCCC2)NC1CCc2nc(COC)nn2C1. The summed E-state index contributed by atoms with van der Waals surface area (Å²) in [7, 11) is 1.65. The highest BCUT2D eigenvalue weighted by atomic mass is 16.5. The number of hydrogen-bond acceptors (Lipinski definition) is 6. The van der Waals surface area contributed by atoms with Gasteiger partial charge in [0, 0.05) is 52.2 Å². The molecule has 2 aromatic rings. The minimum absolute atomic E-state index is 0.0161. The van der Waals surface area contributed by atoms with E-state index >= 15 is 0 Å². The molecular weight excluding hydrogens is 398 g/mol. The molecule has 0 fully saturated rings. The van der Waals surface area contributed by atoms with Gasteiger partial charge in [-0.3, -0.25) is 9.56 Å². The molecule has 2 aromatic heterocycles. The molecule has 0 amide bonds. The molecule has 0 radical (unpaired) electrons. The first-order valence-electron chi connectivity index (χ1n) is 11.3. The molecular formula is C20H33N9O2. The third-order valence-corrected chi connectivity index (χ3v) is 5.69. The molecule has 170 valence electrons. The van der Waals surface area contributed by atoms with Crippen molar-refractivity contribution in [1.29, 1.82) is 0 Å². The second-order valence-corrected chi connectivity index (χ2v) is 8.08. The van der Waals surface area contributed by atoms with Crippen molar-refractivity contribution in [3.05, 3.63) is 28.0 Å². The number of ether oxygens (including phenoxy) is 1. The molecule has 1 unspecified atom stereocenters. The van der Waals surface area contributed by atoms with Gasteiger partial charge in [0.05, 0.1) is 6.54 Å². The predicted molar refractivity (Wildman–Crippen MR) is 116 cm³/mol. The normalized spacial score (nSPS) is 18.5. The molecule has 1 atom stereocenters. The van der Waals surface area contributed by atoms with E-state index in [4.69, 9.17) is 9.73 Å². The molecule has 4 heterocycles. The number of nitrogens with zero attached hydrogens (tertiary/aromatic N) is 7. The highest BCUT2D eigenvalue weighted by molar-refractivity contribution is 5.80. The van der Waals surface area contributed by atoms with Gasteiger partial charge in [-0.05, 0) is 32.6 Å². The Morgan fingerprint density at radius 1 is 1.26 bits per heavy atom. The van der Waals surface area contributed by atoms with Crippen LogP contribution in [0.1, 0.15) is 50.1 Å². The largest absolute Gasteiger partial charge is 0.377 e. The maximum absolute atomic E-state index is 12.4. The zero-order chi connectivity index (χ0) is 21.6. The van der Waals surface area contributed by atoms with Crippen LogP contribution in [-0.2, 0) is 43.8 Å². The number of aromatic nitrogens is 6. The van der Waals surface area contributed by atoms with Crippen molar-refractivity contribution in [2.45, 2.75) is 77.7 Å². The average molecular weight is 432 g/mol. The quantitative estimate of drug-likeness (QED) is 0.345. The van der Waals surface area contributed by atoms with Gasteiger partial charge in [-0.25, -0.2) is 19.1 Å². The lowest BCUT2D eigenvalue weighted by atomic mass is 10.1. The maximum atomic E-state index is 12.4. The van der Waals surface area contributed by atoms with Gasteiger partial charge in [0.2, 0.25) is 0 Å². The molecule has 4 rings (SSSR count). The van der Waals surface area contributed by atoms with Gasteiger partial charge in [0.15, 0.2) is 11.8 Å². The molecule has 0 aliphatic carbocycles. The molecule has 0 saturated heterocycles. The second-order valence-electron chi connectivity index (χ2n) is 8.08. The van der Waals surface area contributed by atoms with Crippen molar-refractivity contribution in [3.8, 4) is 0 Å². The third kappa shape index (κ3) is 5.15. The van der Waals surface area contributed by atoms with E-state index in [1.165, 1.54) is 0 Å². The Balaban J connectivity index is 1.30. The van der Waals surface area contributed by atoms with Crippen molar-refractivity contribution >= 4 is 5.96 Å². The first kappa shape index (κ1) is 21.5. The zero-order valence-corrected chi connectivity index (χ0v) is 18.5. The van der Waals surface area contributed by atoms with Crippen LogP contribution in [0.15, 0.2) is 9.79 Å². The Morgan fingerprint density at radius 2 is 2.16 bits per heavy atom. The maximum Gasteiger partial charge on any atom is 0.345 e. The summed E-state index contributed by atoms with van der Waals surface area (Å²) in [5.41, 5.74) is 0.0161. The second kappa shape index (κ2) is 10.1. The number of methoxy groups -OCH3 is 1. The number of guanidine groups is 1. The smallest absolute Gasteiger partial charge is 0.345 e. The Labute approximate surface area is 181 Å². The fourth-order valence-corrected chi connectivity index (χ4v) is 4.19. The first-order chi connectivity index (χ1) is 15.2. The van der Waals surface area contributed by atoms with Crippen LogP contribution >= 0.6 is 0 Å². The van der Waals surface area contributed by atoms with Gasteiger partial charge >= 0.3 is 5.69 Å². The van der Waals surface area contributed by atoms with Gasteiger partial charge in [-0.2, -0.15) is 10.2 Å². The summed E-state index contributed by atoms with van der Waals surface area (Å²) in [6, 6.07) is 0.241. The predicted octanol–water partition coefficient (Wildman–Crippen LogP) is 0.0792. The lowest BCUT2D eigenvalue weighted by Crippen LogP contribution is -2.47. The van der Waals surface area contributed by atoms with E-state index in [2.05, 4.69) is 32.7 Å². The average Bonchev–Trinajstić information content (AvgIpc) is 3.31. The Bertz CT molecular complexity index is 958. The van der Waals surface area contributed by atoms with Crippen LogP contribution in [0.4, 0.5) is 0 Å². The molecule has 0 bridgehead atoms. The monoisotopic (exact) mass is 431 g/mol. The van der Waals surface area contributed by atoms with Crippen LogP contribution in [0.5, 0.6) is 0 Å². The van der Waals surface area contributed by atoms with Crippen molar-refractivity contribution in [2.75, 3.05) is 20.2 Å². The highest BCUT2D eigenvalue weighted by Gasteiger charge is 2.22. The summed E-state index contributed by atoms with van der Waals surface area (Å²) < 4.78 is 10.5. The summed E-state index contributed by atoms with van der Waals surface area (Å²) in [4.78, 5) is 21.7. The number of aliphatic imine (C=N–C) groups is 1. The Hall–Kier alpha value is -2.69. The molecule has 0 saturated carbocycles. The van der Waals surface area contributed by atoms with E-state index in [-0.39, 0.29) is 11.7 Å². The van der Waals surface area contributed by atoms with Gasteiger partial charge in [-0.1, -0.05) is 0 Å². The third-order valence-electron chi connectivity index (χ3n) is 5.69. The van der Waals surface area contributed by atoms with E-state index in [9.17, 15) is 4.79 Å². The van der Waals surface area contributed by atoms with Crippen molar-refractivity contribution in [3.63, 3.8) is 0 Å². The number of fused-ring (bicyclic) bond motifs is 2. The van der Waals surface area contributed by atoms with E-state index in [1.54, 1.807) is 11.8 Å². The van der Waals surface area contributed by atoms with Crippen LogP contribution < -0.4 is 16.3 Å². The van der Waals surface area contributed by atoms with Crippen LogP contribution in [-0.4, -0.2) is 61.3 Å². The zero-order valence-electron chi connectivity index (χ0n) is 18.5. The van der Waals surface area contributed by atoms with Crippen LogP contribution in [0.2, 0.25) is 0 Å². The number of hydrogen-bond donors (Lipinski definition) is 2. The Morgan fingerprint density at radius 3 is 2.97 bits per heavy atom. The van der Waals surface area contributed by atoms with Gasteiger partial charge in [0.25, 0.3) is 0 Å². The standard InChI is InChI=1S/C20H33N9O2/c1-3-21-19(23-15-8-9-17-24-16(14-31-2)25-29(17)13-15)22-10-6-12-28-20(30)27-11-5-4-7-18(27)26-28/h15H,3-14H2,1-2H3,(H2,21,22,23). The molecule has 11 heteroatoms. The van der Waals surface area contributed by atoms with Gasteiger partial charge < -0.3 is 15.4 Å². The number of rotatable bonds is 8. The molecule has 0 aromatic carbocycles. The Kier molecular flexibility index (Phi) is 7.00. The topological polar surface area (TPSA) is 116 Å². The van der Waals surface area contributed by atoms with Gasteiger partial charge in [0.1, 0.15) is 18.3 Å². The van der Waals surface area contributed by atoms with E-state index in [0.29, 0.717) is 19.7 Å². The summed E-state index contributed by atoms with van der Waals surface area (Å²) >= 11 is 0. The molecule has 31 heavy (non-hydrogen) atoms. The molecule has 2 aliphatic heterocycles. The summed E-state index contributed by atoms with van der Waals surface area (Å²) in [6.45, 7) is 6.05. The van der Waals surface area contributed by atoms with E-state index in [1.807, 2.05) is 9.25 Å². The lowest BCUT2D eigenvalue weighted by molar-refractivity contribution is 0.177. The molecule has 11 nitrogen and oxygen atoms in total. The minimum Gasteiger partial charge on any atom is -0.377 e. The number of nitrogens with one attached hydrogen (secondary N) is 2.